The summed E-state index contributed by atoms with van der Waals surface area (Å²) < 4.78 is 66.1. The van der Waals surface area contributed by atoms with Crippen LogP contribution >= 0.6 is 11.6 Å². The summed E-state index contributed by atoms with van der Waals surface area (Å²) in [7, 11) is -4.26. The molecule has 24 heavy (non-hydrogen) atoms. The number of carbonyl (C=O) groups excluding carboxylic acids is 1. The lowest BCUT2D eigenvalue weighted by atomic mass is 9.99. The van der Waals surface area contributed by atoms with Crippen molar-refractivity contribution in [2.45, 2.75) is 50.0 Å². The van der Waals surface area contributed by atoms with Gasteiger partial charge in [-0.3, -0.25) is 9.52 Å². The first-order chi connectivity index (χ1) is 11.1. The molecule has 0 aliphatic heterocycles. The van der Waals surface area contributed by atoms with Crippen LogP contribution in [-0.4, -0.2) is 19.5 Å². The summed E-state index contributed by atoms with van der Waals surface area (Å²) in [5.74, 6) is -0.454. The van der Waals surface area contributed by atoms with Crippen molar-refractivity contribution in [3.63, 3.8) is 0 Å². The van der Waals surface area contributed by atoms with Gasteiger partial charge in [0.15, 0.2) is 5.78 Å². The maximum absolute atomic E-state index is 13.1. The number of rotatable bonds is 3. The van der Waals surface area contributed by atoms with Crippen LogP contribution in [0.3, 0.4) is 0 Å². The van der Waals surface area contributed by atoms with E-state index in [2.05, 4.69) is 0 Å². The van der Waals surface area contributed by atoms with Crippen LogP contribution < -0.4 is 4.72 Å². The molecule has 0 spiro atoms. The summed E-state index contributed by atoms with van der Waals surface area (Å²) in [5.41, 5.74) is -1.81. The van der Waals surface area contributed by atoms with Crippen LogP contribution in [0.15, 0.2) is 18.2 Å². The zero-order valence-electron chi connectivity index (χ0n) is 12.7. The fourth-order valence-electron chi connectivity index (χ4n) is 2.70. The minimum Gasteiger partial charge on any atom is -0.298 e. The number of carbonyl (C=O) groups is 1. The maximum Gasteiger partial charge on any atom is 0.418 e. The van der Waals surface area contributed by atoms with Crippen LogP contribution in [0.25, 0.3) is 0 Å². The lowest BCUT2D eigenvalue weighted by Crippen LogP contribution is -2.36. The molecule has 0 heterocycles. The van der Waals surface area contributed by atoms with Crippen molar-refractivity contribution in [2.75, 3.05) is 4.72 Å². The van der Waals surface area contributed by atoms with Gasteiger partial charge >= 0.3 is 6.18 Å². The Morgan fingerprint density at radius 2 is 1.79 bits per heavy atom. The number of sulfonamides is 1. The Kier molecular flexibility index (Phi) is 5.80. The van der Waals surface area contributed by atoms with Gasteiger partial charge in [0.05, 0.1) is 11.3 Å². The Hall–Kier alpha value is -1.28. The van der Waals surface area contributed by atoms with Crippen molar-refractivity contribution in [1.29, 1.82) is 0 Å². The first kappa shape index (κ1) is 19.1. The number of nitrogens with one attached hydrogen (secondary N) is 1. The summed E-state index contributed by atoms with van der Waals surface area (Å²) in [6.45, 7) is 0. The third-order valence-electron chi connectivity index (χ3n) is 3.91. The van der Waals surface area contributed by atoms with Gasteiger partial charge in [-0.1, -0.05) is 30.9 Å². The average molecular weight is 384 g/mol. The Bertz CT molecular complexity index is 719. The third kappa shape index (κ3) is 4.63. The predicted octanol–water partition coefficient (Wildman–Crippen LogP) is 4.39. The molecule has 1 aliphatic rings. The number of alkyl halides is 3. The van der Waals surface area contributed by atoms with E-state index in [4.69, 9.17) is 11.6 Å². The summed E-state index contributed by atoms with van der Waals surface area (Å²) in [5, 5.41) is -1.48. The standard InChI is InChI=1S/C15H17ClF3NO3S/c16-10-7-8-12(11(9-10)15(17,18)19)20-24(22,23)14-6-4-2-1-3-5-13(14)21/h7-9,14,20H,1-6H2. The highest BCUT2D eigenvalue weighted by molar-refractivity contribution is 7.94. The molecule has 0 aromatic heterocycles. The fraction of sp³-hybridized carbons (Fsp3) is 0.533. The minimum absolute atomic E-state index is 0.114. The molecule has 1 atom stereocenters. The molecule has 1 saturated carbocycles. The molecule has 1 aromatic rings. The zero-order chi connectivity index (χ0) is 18.0. The second-order valence-electron chi connectivity index (χ2n) is 5.74. The molecular weight excluding hydrogens is 367 g/mol. The van der Waals surface area contributed by atoms with E-state index in [1.54, 1.807) is 0 Å². The Morgan fingerprint density at radius 1 is 1.12 bits per heavy atom. The van der Waals surface area contributed by atoms with Crippen molar-refractivity contribution >= 4 is 33.1 Å². The molecule has 1 unspecified atom stereocenters. The van der Waals surface area contributed by atoms with Gasteiger partial charge in [-0.25, -0.2) is 8.42 Å². The Labute approximate surface area is 143 Å². The van der Waals surface area contributed by atoms with Crippen molar-refractivity contribution in [3.05, 3.63) is 28.8 Å². The molecule has 0 saturated heterocycles. The summed E-state index contributed by atoms with van der Waals surface area (Å²) in [6, 6.07) is 2.77. The second-order valence-corrected chi connectivity index (χ2v) is 8.04. The van der Waals surface area contributed by atoms with Crippen LogP contribution in [-0.2, 0) is 21.0 Å². The first-order valence-electron chi connectivity index (χ1n) is 7.52. The van der Waals surface area contributed by atoms with Gasteiger partial charge in [0.2, 0.25) is 10.0 Å². The van der Waals surface area contributed by atoms with Crippen molar-refractivity contribution in [3.8, 4) is 0 Å². The molecule has 134 valence electrons. The normalized spacial score (nSPS) is 20.3. The highest BCUT2D eigenvalue weighted by atomic mass is 35.5. The van der Waals surface area contributed by atoms with Crippen molar-refractivity contribution in [2.24, 2.45) is 0 Å². The number of benzene rings is 1. The lowest BCUT2D eigenvalue weighted by molar-refractivity contribution is -0.136. The maximum atomic E-state index is 13.1. The lowest BCUT2D eigenvalue weighted by Gasteiger charge is -2.21. The molecule has 2 rings (SSSR count). The van der Waals surface area contributed by atoms with E-state index in [0.29, 0.717) is 18.9 Å². The van der Waals surface area contributed by atoms with E-state index < -0.39 is 38.5 Å². The van der Waals surface area contributed by atoms with E-state index in [1.807, 2.05) is 4.72 Å². The van der Waals surface area contributed by atoms with Crippen LogP contribution in [0.1, 0.15) is 44.1 Å². The van der Waals surface area contributed by atoms with Gasteiger partial charge in [0.25, 0.3) is 0 Å². The molecular formula is C15H17ClF3NO3S. The summed E-state index contributed by atoms with van der Waals surface area (Å²) in [6.07, 6.45) is -1.74. The highest BCUT2D eigenvalue weighted by Crippen LogP contribution is 2.37. The zero-order valence-corrected chi connectivity index (χ0v) is 14.3. The molecule has 9 heteroatoms. The van der Waals surface area contributed by atoms with Gasteiger partial charge in [-0.15, -0.1) is 0 Å². The number of halogens is 4. The second kappa shape index (κ2) is 7.31. The van der Waals surface area contributed by atoms with E-state index in [-0.39, 0.29) is 17.9 Å². The fourth-order valence-corrected chi connectivity index (χ4v) is 4.44. The topological polar surface area (TPSA) is 63.2 Å². The quantitative estimate of drug-likeness (QED) is 0.841. The van der Waals surface area contributed by atoms with Gasteiger partial charge in [-0.05, 0) is 31.0 Å². The first-order valence-corrected chi connectivity index (χ1v) is 9.45. The number of ketones is 1. The number of hydrogen-bond acceptors (Lipinski definition) is 3. The van der Waals surface area contributed by atoms with Crippen LogP contribution in [0.4, 0.5) is 18.9 Å². The smallest absolute Gasteiger partial charge is 0.298 e. The third-order valence-corrected chi connectivity index (χ3v) is 5.90. The number of anilines is 1. The largest absolute Gasteiger partial charge is 0.418 e. The number of hydrogen-bond donors (Lipinski definition) is 1. The van der Waals surface area contributed by atoms with Gasteiger partial charge in [0, 0.05) is 11.4 Å². The van der Waals surface area contributed by atoms with E-state index >= 15 is 0 Å². The summed E-state index contributed by atoms with van der Waals surface area (Å²) in [4.78, 5) is 12.1. The molecule has 1 N–H and O–H groups in total. The predicted molar refractivity (Wildman–Crippen MR) is 85.5 cm³/mol. The molecule has 0 radical (unpaired) electrons. The van der Waals surface area contributed by atoms with Crippen molar-refractivity contribution in [1.82, 2.24) is 0 Å². The molecule has 4 nitrogen and oxygen atoms in total. The number of Topliss-reactive ketones (excluding diaryl/α,β-unsaturated/α-hetero) is 1. The Morgan fingerprint density at radius 3 is 2.46 bits per heavy atom. The molecule has 0 amide bonds. The minimum atomic E-state index is -4.77. The molecule has 1 aliphatic carbocycles. The van der Waals surface area contributed by atoms with Gasteiger partial charge < -0.3 is 0 Å². The SMILES string of the molecule is O=C1CCCCCCC1S(=O)(=O)Nc1ccc(Cl)cc1C(F)(F)F. The van der Waals surface area contributed by atoms with Crippen LogP contribution in [0.2, 0.25) is 5.02 Å². The van der Waals surface area contributed by atoms with Crippen LogP contribution in [0, 0.1) is 0 Å². The van der Waals surface area contributed by atoms with E-state index in [0.717, 1.165) is 25.0 Å². The Balaban J connectivity index is 2.33. The average Bonchev–Trinajstić information content (AvgIpc) is 2.43. The van der Waals surface area contributed by atoms with E-state index in [1.165, 1.54) is 0 Å². The molecule has 1 aromatic carbocycles. The monoisotopic (exact) mass is 383 g/mol. The molecule has 1 fully saturated rings. The van der Waals surface area contributed by atoms with E-state index in [9.17, 15) is 26.4 Å². The molecule has 0 bridgehead atoms. The van der Waals surface area contributed by atoms with Crippen LogP contribution in [0.5, 0.6) is 0 Å². The highest BCUT2D eigenvalue weighted by Gasteiger charge is 2.37. The summed E-state index contributed by atoms with van der Waals surface area (Å²) >= 11 is 5.57. The van der Waals surface area contributed by atoms with Gasteiger partial charge in [-0.2, -0.15) is 13.2 Å². The van der Waals surface area contributed by atoms with Crippen molar-refractivity contribution < 1.29 is 26.4 Å². The van der Waals surface area contributed by atoms with Gasteiger partial charge in [0.1, 0.15) is 5.25 Å².